The lowest BCUT2D eigenvalue weighted by Crippen LogP contribution is -2.32. The molecule has 2 aliphatic heterocycles. The first-order valence-electron chi connectivity index (χ1n) is 9.96. The minimum Gasteiger partial charge on any atom is -0.493 e. The second-order valence-corrected chi connectivity index (χ2v) is 8.44. The van der Waals surface area contributed by atoms with E-state index in [9.17, 15) is 4.79 Å². The predicted octanol–water partition coefficient (Wildman–Crippen LogP) is 4.54. The third-order valence-electron chi connectivity index (χ3n) is 5.53. The summed E-state index contributed by atoms with van der Waals surface area (Å²) in [5.41, 5.74) is 2.71. The summed E-state index contributed by atoms with van der Waals surface area (Å²) in [6.07, 6.45) is 4.55. The summed E-state index contributed by atoms with van der Waals surface area (Å²) in [6.45, 7) is 2.78. The van der Waals surface area contributed by atoms with Crippen molar-refractivity contribution in [2.75, 3.05) is 24.6 Å². The number of aromatic nitrogens is 1. The zero-order chi connectivity index (χ0) is 18.9. The third kappa shape index (κ3) is 3.33. The molecule has 0 saturated carbocycles. The molecule has 1 unspecified atom stereocenters. The molecular formula is C22H23N3O2S. The number of carbonyl (C=O) groups is 1. The Hall–Kier alpha value is -2.60. The Labute approximate surface area is 168 Å². The number of hydrogen-bond acceptors (Lipinski definition) is 5. The molecule has 5 rings (SSSR count). The van der Waals surface area contributed by atoms with Gasteiger partial charge in [0.15, 0.2) is 5.13 Å². The summed E-state index contributed by atoms with van der Waals surface area (Å²) in [7, 11) is 0. The van der Waals surface area contributed by atoms with E-state index in [2.05, 4.69) is 10.2 Å². The molecule has 1 saturated heterocycles. The number of para-hydroxylation sites is 1. The molecule has 0 bridgehead atoms. The Balaban J connectivity index is 1.36. The van der Waals surface area contributed by atoms with Crippen LogP contribution in [-0.4, -0.2) is 30.6 Å². The Morgan fingerprint density at radius 2 is 2.00 bits per heavy atom. The van der Waals surface area contributed by atoms with Crippen molar-refractivity contribution < 1.29 is 9.53 Å². The maximum atomic E-state index is 12.9. The molecule has 2 aliphatic rings. The van der Waals surface area contributed by atoms with Crippen LogP contribution in [0.3, 0.4) is 0 Å². The molecule has 0 radical (unpaired) electrons. The Morgan fingerprint density at radius 3 is 2.89 bits per heavy atom. The average molecular weight is 394 g/mol. The molecule has 0 aliphatic carbocycles. The standard InChI is InChI=1S/C22H23N3O2S/c26-21(23-17-10-13-27-19-7-3-2-6-16(17)19)15-8-9-18-20(14-15)28-22(24-18)25-11-4-1-5-12-25/h2-3,6-9,14,17H,1,4-5,10-13H2,(H,23,26). The maximum Gasteiger partial charge on any atom is 0.251 e. The fourth-order valence-corrected chi connectivity index (χ4v) is 5.06. The first-order chi connectivity index (χ1) is 13.8. The van der Waals surface area contributed by atoms with E-state index in [1.807, 2.05) is 42.5 Å². The van der Waals surface area contributed by atoms with Gasteiger partial charge in [0.25, 0.3) is 5.91 Å². The lowest BCUT2D eigenvalue weighted by atomic mass is 10.00. The van der Waals surface area contributed by atoms with Crippen molar-refractivity contribution in [3.05, 3.63) is 53.6 Å². The van der Waals surface area contributed by atoms with Crippen LogP contribution in [0, 0.1) is 0 Å². The van der Waals surface area contributed by atoms with Crippen LogP contribution in [0.4, 0.5) is 5.13 Å². The number of ether oxygens (including phenoxy) is 1. The topological polar surface area (TPSA) is 54.5 Å². The molecule has 1 fully saturated rings. The van der Waals surface area contributed by atoms with Crippen LogP contribution in [-0.2, 0) is 0 Å². The molecule has 5 nitrogen and oxygen atoms in total. The number of hydrogen-bond donors (Lipinski definition) is 1. The molecule has 144 valence electrons. The average Bonchev–Trinajstić information content (AvgIpc) is 3.18. The fraction of sp³-hybridized carbons (Fsp3) is 0.364. The van der Waals surface area contributed by atoms with Crippen LogP contribution in [0.1, 0.15) is 47.6 Å². The number of rotatable bonds is 3. The number of nitrogens with zero attached hydrogens (tertiary/aromatic N) is 2. The summed E-state index contributed by atoms with van der Waals surface area (Å²) >= 11 is 1.68. The molecule has 28 heavy (non-hydrogen) atoms. The molecule has 1 atom stereocenters. The smallest absolute Gasteiger partial charge is 0.251 e. The summed E-state index contributed by atoms with van der Waals surface area (Å²) in [6, 6.07) is 13.7. The van der Waals surface area contributed by atoms with Gasteiger partial charge in [-0.3, -0.25) is 4.79 Å². The molecule has 1 amide bonds. The van der Waals surface area contributed by atoms with Crippen molar-refractivity contribution in [2.45, 2.75) is 31.7 Å². The van der Waals surface area contributed by atoms with E-state index in [1.54, 1.807) is 11.3 Å². The number of benzene rings is 2. The number of thiazole rings is 1. The van der Waals surface area contributed by atoms with Crippen molar-refractivity contribution >= 4 is 32.6 Å². The second kappa shape index (κ2) is 7.43. The van der Waals surface area contributed by atoms with E-state index >= 15 is 0 Å². The highest BCUT2D eigenvalue weighted by atomic mass is 32.1. The first-order valence-corrected chi connectivity index (χ1v) is 10.8. The van der Waals surface area contributed by atoms with Gasteiger partial charge in [-0.2, -0.15) is 0 Å². The minimum atomic E-state index is -0.0449. The fourth-order valence-electron chi connectivity index (χ4n) is 4.01. The number of amides is 1. The molecule has 0 spiro atoms. The van der Waals surface area contributed by atoms with Crippen molar-refractivity contribution in [2.24, 2.45) is 0 Å². The van der Waals surface area contributed by atoms with E-state index in [0.717, 1.165) is 46.2 Å². The van der Waals surface area contributed by atoms with Crippen LogP contribution in [0.25, 0.3) is 10.2 Å². The van der Waals surface area contributed by atoms with Crippen molar-refractivity contribution in [1.29, 1.82) is 0 Å². The zero-order valence-corrected chi connectivity index (χ0v) is 16.5. The van der Waals surface area contributed by atoms with Crippen molar-refractivity contribution in [3.8, 4) is 5.75 Å². The molecule has 1 N–H and O–H groups in total. The van der Waals surface area contributed by atoms with Gasteiger partial charge in [-0.25, -0.2) is 4.98 Å². The molecule has 6 heteroatoms. The maximum absolute atomic E-state index is 12.9. The summed E-state index contributed by atoms with van der Waals surface area (Å²) < 4.78 is 6.77. The SMILES string of the molecule is O=C(NC1CCOc2ccccc21)c1ccc2nc(N3CCCCC3)sc2c1. The minimum absolute atomic E-state index is 0.0153. The van der Waals surface area contributed by atoms with Gasteiger partial charge >= 0.3 is 0 Å². The summed E-state index contributed by atoms with van der Waals surface area (Å²) in [5.74, 6) is 0.819. The molecule has 3 heterocycles. The van der Waals surface area contributed by atoms with E-state index in [-0.39, 0.29) is 11.9 Å². The van der Waals surface area contributed by atoms with E-state index in [1.165, 1.54) is 19.3 Å². The number of piperidine rings is 1. The van der Waals surface area contributed by atoms with Crippen LogP contribution in [0.15, 0.2) is 42.5 Å². The van der Waals surface area contributed by atoms with Gasteiger partial charge in [0, 0.05) is 30.6 Å². The van der Waals surface area contributed by atoms with E-state index in [4.69, 9.17) is 9.72 Å². The van der Waals surface area contributed by atoms with Crippen molar-refractivity contribution in [3.63, 3.8) is 0 Å². The quantitative estimate of drug-likeness (QED) is 0.710. The van der Waals surface area contributed by atoms with Crippen LogP contribution in [0.5, 0.6) is 5.75 Å². The largest absolute Gasteiger partial charge is 0.493 e. The molecular weight excluding hydrogens is 370 g/mol. The zero-order valence-electron chi connectivity index (χ0n) is 15.7. The van der Waals surface area contributed by atoms with Gasteiger partial charge in [-0.05, 0) is 43.5 Å². The second-order valence-electron chi connectivity index (χ2n) is 7.43. The highest BCUT2D eigenvalue weighted by Gasteiger charge is 2.23. The highest BCUT2D eigenvalue weighted by Crippen LogP contribution is 2.33. The Kier molecular flexibility index (Phi) is 4.64. The number of fused-ring (bicyclic) bond motifs is 2. The van der Waals surface area contributed by atoms with E-state index < -0.39 is 0 Å². The normalized spacial score (nSPS) is 19.1. The molecule has 1 aromatic heterocycles. The highest BCUT2D eigenvalue weighted by molar-refractivity contribution is 7.22. The van der Waals surface area contributed by atoms with Gasteiger partial charge in [-0.1, -0.05) is 29.5 Å². The van der Waals surface area contributed by atoms with Gasteiger partial charge in [0.1, 0.15) is 5.75 Å². The molecule has 2 aromatic carbocycles. The van der Waals surface area contributed by atoms with Crippen molar-refractivity contribution in [1.82, 2.24) is 10.3 Å². The van der Waals surface area contributed by atoms with Crippen LogP contribution in [0.2, 0.25) is 0 Å². The lowest BCUT2D eigenvalue weighted by Gasteiger charge is -2.26. The van der Waals surface area contributed by atoms with Gasteiger partial charge in [0.2, 0.25) is 0 Å². The monoisotopic (exact) mass is 393 g/mol. The van der Waals surface area contributed by atoms with Crippen LogP contribution < -0.4 is 15.0 Å². The van der Waals surface area contributed by atoms with Crippen LogP contribution >= 0.6 is 11.3 Å². The lowest BCUT2D eigenvalue weighted by molar-refractivity contribution is 0.0925. The Bertz CT molecular complexity index is 1010. The number of anilines is 1. The van der Waals surface area contributed by atoms with Gasteiger partial charge in [-0.15, -0.1) is 0 Å². The van der Waals surface area contributed by atoms with Gasteiger partial charge < -0.3 is 15.0 Å². The predicted molar refractivity (Wildman–Crippen MR) is 112 cm³/mol. The summed E-state index contributed by atoms with van der Waals surface area (Å²) in [4.78, 5) is 20.0. The van der Waals surface area contributed by atoms with Gasteiger partial charge in [0.05, 0.1) is 22.9 Å². The number of carbonyl (C=O) groups excluding carboxylic acids is 1. The molecule has 3 aromatic rings. The number of nitrogens with one attached hydrogen (secondary N) is 1. The third-order valence-corrected chi connectivity index (χ3v) is 6.61. The van der Waals surface area contributed by atoms with E-state index in [0.29, 0.717) is 12.2 Å². The first kappa shape index (κ1) is 17.5. The Morgan fingerprint density at radius 1 is 1.14 bits per heavy atom. The summed E-state index contributed by atoms with van der Waals surface area (Å²) in [5, 5.41) is 4.26.